The number of nitrogens with zero attached hydrogens (tertiary/aromatic N) is 2. The van der Waals surface area contributed by atoms with Crippen molar-refractivity contribution in [2.45, 2.75) is 18.4 Å². The van der Waals surface area contributed by atoms with Gasteiger partial charge in [-0.15, -0.1) is 0 Å². The number of hydrogen-bond donors (Lipinski definition) is 1. The lowest BCUT2D eigenvalue weighted by Gasteiger charge is -2.06. The molecule has 1 heterocycles. The van der Waals surface area contributed by atoms with Crippen LogP contribution in [-0.2, 0) is 11.2 Å². The maximum atomic E-state index is 13.8. The second-order valence-corrected chi connectivity index (χ2v) is 4.87. The van der Waals surface area contributed by atoms with Crippen molar-refractivity contribution in [2.24, 2.45) is 0 Å². The van der Waals surface area contributed by atoms with Crippen molar-refractivity contribution in [3.63, 3.8) is 0 Å². The summed E-state index contributed by atoms with van der Waals surface area (Å²) in [6.45, 7) is 1.94. The van der Waals surface area contributed by atoms with E-state index in [9.17, 15) is 9.18 Å². The van der Waals surface area contributed by atoms with Crippen molar-refractivity contribution in [1.82, 2.24) is 9.78 Å². The van der Waals surface area contributed by atoms with Gasteiger partial charge in [-0.2, -0.15) is 5.10 Å². The quantitative estimate of drug-likeness (QED) is 0.856. The Morgan fingerprint density at radius 1 is 1.47 bits per heavy atom. The summed E-state index contributed by atoms with van der Waals surface area (Å²) in [5.74, 6) is -1.38. The number of carboxylic acid groups (broad SMARTS) is 1. The van der Waals surface area contributed by atoms with Gasteiger partial charge in [0.05, 0.1) is 11.4 Å². The van der Waals surface area contributed by atoms with Crippen molar-refractivity contribution in [3.05, 3.63) is 41.8 Å². The van der Waals surface area contributed by atoms with E-state index in [1.165, 1.54) is 10.7 Å². The first-order valence-electron chi connectivity index (χ1n) is 5.80. The molecule has 0 aliphatic rings. The number of aromatic nitrogens is 2. The summed E-state index contributed by atoms with van der Waals surface area (Å²) in [4.78, 5) is 10.6. The molecule has 0 aliphatic carbocycles. The number of aryl methyl sites for hydroxylation is 1. The number of rotatable bonds is 5. The van der Waals surface area contributed by atoms with Gasteiger partial charge in [-0.3, -0.25) is 4.79 Å². The Labute approximate surface area is 114 Å². The first-order valence-corrected chi connectivity index (χ1v) is 6.78. The summed E-state index contributed by atoms with van der Waals surface area (Å²) in [5.41, 5.74) is 1.13. The monoisotopic (exact) mass is 280 g/mol. The molecule has 4 nitrogen and oxygen atoms in total. The summed E-state index contributed by atoms with van der Waals surface area (Å²) in [6.07, 6.45) is 0.710. The second kappa shape index (κ2) is 5.88. The molecular weight excluding hydrogens is 267 g/mol. The third-order valence-electron chi connectivity index (χ3n) is 2.51. The van der Waals surface area contributed by atoms with Gasteiger partial charge in [0, 0.05) is 0 Å². The number of hydrogen-bond acceptors (Lipinski definition) is 3. The van der Waals surface area contributed by atoms with E-state index in [4.69, 9.17) is 5.11 Å². The Hall–Kier alpha value is -1.82. The SMILES string of the molecule is CCc1cc(SCC(=O)O)n(-c2ccccc2F)n1. The van der Waals surface area contributed by atoms with Crippen LogP contribution in [0.15, 0.2) is 35.4 Å². The van der Waals surface area contributed by atoms with Crippen molar-refractivity contribution in [3.8, 4) is 5.69 Å². The number of thioether (sulfide) groups is 1. The molecule has 0 radical (unpaired) electrons. The van der Waals surface area contributed by atoms with Gasteiger partial charge >= 0.3 is 5.97 Å². The van der Waals surface area contributed by atoms with E-state index < -0.39 is 5.97 Å². The maximum absolute atomic E-state index is 13.8. The van der Waals surface area contributed by atoms with Gasteiger partial charge in [0.15, 0.2) is 0 Å². The number of para-hydroxylation sites is 1. The topological polar surface area (TPSA) is 55.1 Å². The molecule has 0 fully saturated rings. The zero-order chi connectivity index (χ0) is 13.8. The smallest absolute Gasteiger partial charge is 0.313 e. The fraction of sp³-hybridized carbons (Fsp3) is 0.231. The molecule has 100 valence electrons. The molecule has 0 atom stereocenters. The fourth-order valence-corrected chi connectivity index (χ4v) is 2.37. The standard InChI is InChI=1S/C13H13FN2O2S/c1-2-9-7-12(19-8-13(17)18)16(15-9)11-6-4-3-5-10(11)14/h3-7H,2,8H2,1H3,(H,17,18). The van der Waals surface area contributed by atoms with Crippen LogP contribution >= 0.6 is 11.8 Å². The van der Waals surface area contributed by atoms with Crippen LogP contribution in [0.1, 0.15) is 12.6 Å². The molecule has 0 saturated carbocycles. The van der Waals surface area contributed by atoms with Crippen LogP contribution < -0.4 is 0 Å². The van der Waals surface area contributed by atoms with Crippen LogP contribution in [0, 0.1) is 5.82 Å². The van der Waals surface area contributed by atoms with Crippen LogP contribution in [0.3, 0.4) is 0 Å². The van der Waals surface area contributed by atoms with Crippen molar-refractivity contribution >= 4 is 17.7 Å². The van der Waals surface area contributed by atoms with Crippen LogP contribution in [0.2, 0.25) is 0 Å². The summed E-state index contributed by atoms with van der Waals surface area (Å²) in [6, 6.07) is 8.09. The minimum absolute atomic E-state index is 0.0801. The van der Waals surface area contributed by atoms with E-state index >= 15 is 0 Å². The molecule has 6 heteroatoms. The van der Waals surface area contributed by atoms with Crippen LogP contribution in [0.25, 0.3) is 5.69 Å². The fourth-order valence-electron chi connectivity index (χ4n) is 1.62. The normalized spacial score (nSPS) is 10.6. The Bertz CT molecular complexity index is 598. The highest BCUT2D eigenvalue weighted by Gasteiger charge is 2.13. The molecule has 2 rings (SSSR count). The molecule has 2 aromatic rings. The largest absolute Gasteiger partial charge is 0.481 e. The Morgan fingerprint density at radius 3 is 2.84 bits per heavy atom. The number of aliphatic carboxylic acids is 1. The summed E-state index contributed by atoms with van der Waals surface area (Å²) in [7, 11) is 0. The average molecular weight is 280 g/mol. The Kier molecular flexibility index (Phi) is 4.21. The van der Waals surface area contributed by atoms with Crippen molar-refractivity contribution < 1.29 is 14.3 Å². The van der Waals surface area contributed by atoms with Crippen LogP contribution in [0.5, 0.6) is 0 Å². The average Bonchev–Trinajstić information content (AvgIpc) is 2.80. The van der Waals surface area contributed by atoms with Gasteiger partial charge < -0.3 is 5.11 Å². The lowest BCUT2D eigenvalue weighted by atomic mass is 10.3. The highest BCUT2D eigenvalue weighted by atomic mass is 32.2. The highest BCUT2D eigenvalue weighted by molar-refractivity contribution is 7.99. The molecule has 0 spiro atoms. The molecule has 0 saturated heterocycles. The van der Waals surface area contributed by atoms with Gasteiger partial charge in [-0.25, -0.2) is 9.07 Å². The second-order valence-electron chi connectivity index (χ2n) is 3.87. The van der Waals surface area contributed by atoms with E-state index in [0.717, 1.165) is 17.5 Å². The summed E-state index contributed by atoms with van der Waals surface area (Å²) in [5, 5.41) is 13.7. The van der Waals surface area contributed by atoms with E-state index in [-0.39, 0.29) is 11.6 Å². The van der Waals surface area contributed by atoms with Crippen molar-refractivity contribution in [1.29, 1.82) is 0 Å². The molecule has 0 unspecified atom stereocenters. The van der Waals surface area contributed by atoms with E-state index in [1.54, 1.807) is 24.3 Å². The number of carbonyl (C=O) groups is 1. The highest BCUT2D eigenvalue weighted by Crippen LogP contribution is 2.24. The molecule has 0 bridgehead atoms. The van der Waals surface area contributed by atoms with Gasteiger partial charge in [-0.1, -0.05) is 30.8 Å². The molecule has 19 heavy (non-hydrogen) atoms. The minimum atomic E-state index is -0.913. The molecule has 1 aromatic carbocycles. The Morgan fingerprint density at radius 2 is 2.21 bits per heavy atom. The lowest BCUT2D eigenvalue weighted by molar-refractivity contribution is -0.133. The molecule has 1 N–H and O–H groups in total. The summed E-state index contributed by atoms with van der Waals surface area (Å²) >= 11 is 1.13. The predicted octanol–water partition coefficient (Wildman–Crippen LogP) is 2.75. The number of carboxylic acids is 1. The lowest BCUT2D eigenvalue weighted by Crippen LogP contribution is -2.04. The summed E-state index contributed by atoms with van der Waals surface area (Å²) < 4.78 is 15.2. The molecule has 1 aromatic heterocycles. The third kappa shape index (κ3) is 3.14. The first kappa shape index (κ1) is 13.6. The van der Waals surface area contributed by atoms with E-state index in [1.807, 2.05) is 6.92 Å². The first-order chi connectivity index (χ1) is 9.11. The minimum Gasteiger partial charge on any atom is -0.481 e. The predicted molar refractivity (Wildman–Crippen MR) is 71.3 cm³/mol. The van der Waals surface area contributed by atoms with Gasteiger partial charge in [0.2, 0.25) is 0 Å². The van der Waals surface area contributed by atoms with E-state index in [0.29, 0.717) is 17.1 Å². The van der Waals surface area contributed by atoms with Crippen LogP contribution in [-0.4, -0.2) is 26.6 Å². The zero-order valence-corrected chi connectivity index (χ0v) is 11.2. The number of halogens is 1. The van der Waals surface area contributed by atoms with Crippen molar-refractivity contribution in [2.75, 3.05) is 5.75 Å². The van der Waals surface area contributed by atoms with Gasteiger partial charge in [0.1, 0.15) is 16.5 Å². The molecular formula is C13H13FN2O2S. The van der Waals surface area contributed by atoms with Crippen LogP contribution in [0.4, 0.5) is 4.39 Å². The van der Waals surface area contributed by atoms with Gasteiger partial charge in [0.25, 0.3) is 0 Å². The van der Waals surface area contributed by atoms with E-state index in [2.05, 4.69) is 5.10 Å². The molecule has 0 amide bonds. The Balaban J connectivity index is 2.40. The van der Waals surface area contributed by atoms with Gasteiger partial charge in [-0.05, 0) is 24.6 Å². The number of benzene rings is 1. The third-order valence-corrected chi connectivity index (χ3v) is 3.49. The zero-order valence-electron chi connectivity index (χ0n) is 10.3. The molecule has 0 aliphatic heterocycles. The maximum Gasteiger partial charge on any atom is 0.313 e.